The summed E-state index contributed by atoms with van der Waals surface area (Å²) in [6, 6.07) is 14.0. The number of benzene rings is 2. The third-order valence-electron chi connectivity index (χ3n) is 5.73. The molecule has 13 nitrogen and oxygen atoms in total. The second-order valence-corrected chi connectivity index (χ2v) is 9.35. The van der Waals surface area contributed by atoms with Crippen molar-refractivity contribution in [3.63, 3.8) is 0 Å². The first kappa shape index (κ1) is 25.7. The van der Waals surface area contributed by atoms with E-state index in [9.17, 15) is 9.90 Å². The van der Waals surface area contributed by atoms with Crippen LogP contribution in [0.4, 0.5) is 5.95 Å². The molecule has 3 atom stereocenters. The van der Waals surface area contributed by atoms with Crippen LogP contribution in [-0.4, -0.2) is 57.7 Å². The Hall–Kier alpha value is -3.90. The van der Waals surface area contributed by atoms with Gasteiger partial charge in [-0.25, -0.2) is 4.98 Å². The van der Waals surface area contributed by atoms with Gasteiger partial charge in [-0.3, -0.25) is 18.9 Å². The summed E-state index contributed by atoms with van der Waals surface area (Å²) in [6.45, 7) is 0.0638. The van der Waals surface area contributed by atoms with Gasteiger partial charge in [-0.05, 0) is 48.5 Å². The molecule has 200 valence electrons. The molecule has 1 aliphatic rings. The Labute approximate surface area is 218 Å². The fourth-order valence-electron chi connectivity index (χ4n) is 3.88. The highest BCUT2D eigenvalue weighted by Gasteiger charge is 2.37. The third kappa shape index (κ3) is 5.65. The van der Waals surface area contributed by atoms with Crippen LogP contribution in [0.25, 0.3) is 11.2 Å². The molecule has 5 rings (SSSR count). The van der Waals surface area contributed by atoms with Gasteiger partial charge in [-0.2, -0.15) is 4.98 Å². The minimum atomic E-state index is -1.90. The van der Waals surface area contributed by atoms with Crippen molar-refractivity contribution < 1.29 is 32.9 Å². The zero-order chi connectivity index (χ0) is 26.6. The molecule has 3 heterocycles. The van der Waals surface area contributed by atoms with E-state index < -0.39 is 32.6 Å². The van der Waals surface area contributed by atoms with Crippen molar-refractivity contribution >= 4 is 25.7 Å². The predicted molar refractivity (Wildman–Crippen MR) is 137 cm³/mol. The van der Waals surface area contributed by atoms with Crippen LogP contribution in [0.1, 0.15) is 12.6 Å². The number of methoxy groups -OCH3 is 2. The number of nitrogens with one attached hydrogen (secondary N) is 1. The molecule has 4 N–H and O–H groups in total. The minimum absolute atomic E-state index is 0.0615. The largest absolute Gasteiger partial charge is 0.497 e. The standard InChI is InChI=1S/C24H26N5O8P/c1-32-14-3-7-16(8-4-14)36-38(37-17-9-5-15(33-2)6-10-17)34-12-18-11-19(30)23(35-18)29-13-26-20-21(29)27-24(25)28-22(20)31/h3-10,13,18-19,23,30H,11-12H2,1-2H3,(H3,25,27,28,31). The summed E-state index contributed by atoms with van der Waals surface area (Å²) in [4.78, 5) is 22.7. The molecule has 0 radical (unpaired) electrons. The van der Waals surface area contributed by atoms with Crippen LogP contribution >= 0.6 is 8.60 Å². The zero-order valence-corrected chi connectivity index (χ0v) is 21.4. The average molecular weight is 543 g/mol. The number of fused-ring (bicyclic) bond motifs is 1. The van der Waals surface area contributed by atoms with Crippen molar-refractivity contribution in [3.8, 4) is 23.0 Å². The highest BCUT2D eigenvalue weighted by Crippen LogP contribution is 2.43. The molecule has 0 saturated carbocycles. The fraction of sp³-hybridized carbons (Fsp3) is 0.292. The SMILES string of the molecule is COc1ccc(OP(OCC2CC(O)C(n3cnc4c(=O)[nH]c(N)nc43)O2)Oc2ccc(OC)cc2)cc1. The number of hydrogen-bond donors (Lipinski definition) is 3. The van der Waals surface area contributed by atoms with Gasteiger partial charge in [-0.15, -0.1) is 0 Å². The fourth-order valence-corrected chi connectivity index (χ4v) is 4.90. The molecule has 1 aliphatic heterocycles. The van der Waals surface area contributed by atoms with Crippen LogP contribution in [0.3, 0.4) is 0 Å². The summed E-state index contributed by atoms with van der Waals surface area (Å²) in [7, 11) is 1.26. The minimum Gasteiger partial charge on any atom is -0.497 e. The summed E-state index contributed by atoms with van der Waals surface area (Å²) in [6.07, 6.45) is -0.596. The second-order valence-electron chi connectivity index (χ2n) is 8.28. The first-order chi connectivity index (χ1) is 18.4. The van der Waals surface area contributed by atoms with Crippen LogP contribution < -0.4 is 29.8 Å². The molecule has 0 spiro atoms. The maximum absolute atomic E-state index is 12.1. The third-order valence-corrected chi connectivity index (χ3v) is 6.81. The van der Waals surface area contributed by atoms with Crippen LogP contribution in [0.5, 0.6) is 23.0 Å². The number of rotatable bonds is 10. The van der Waals surface area contributed by atoms with Crippen molar-refractivity contribution in [1.82, 2.24) is 19.5 Å². The van der Waals surface area contributed by atoms with Crippen LogP contribution in [0, 0.1) is 0 Å². The van der Waals surface area contributed by atoms with E-state index in [4.69, 9.17) is 33.5 Å². The number of H-pyrrole nitrogens is 1. The lowest BCUT2D eigenvalue weighted by molar-refractivity contribution is -0.0463. The molecule has 4 aromatic rings. The van der Waals surface area contributed by atoms with Gasteiger partial charge in [0, 0.05) is 6.42 Å². The number of aromatic amines is 1. The van der Waals surface area contributed by atoms with E-state index in [1.165, 1.54) is 10.9 Å². The number of nitrogens with zero attached hydrogens (tertiary/aromatic N) is 3. The van der Waals surface area contributed by atoms with E-state index in [2.05, 4.69) is 15.0 Å². The van der Waals surface area contributed by atoms with Gasteiger partial charge in [0.05, 0.1) is 33.3 Å². The number of hydrogen-bond acceptors (Lipinski definition) is 11. The number of aliphatic hydroxyl groups excluding tert-OH is 1. The summed E-state index contributed by atoms with van der Waals surface area (Å²) in [5.74, 6) is 2.35. The maximum Gasteiger partial charge on any atom is 0.463 e. The molecular formula is C24H26N5O8P. The molecule has 2 aromatic carbocycles. The van der Waals surface area contributed by atoms with E-state index in [0.717, 1.165) is 0 Å². The molecule has 0 bridgehead atoms. The lowest BCUT2D eigenvalue weighted by atomic mass is 10.2. The Morgan fingerprint density at radius 2 is 1.63 bits per heavy atom. The van der Waals surface area contributed by atoms with Gasteiger partial charge >= 0.3 is 8.60 Å². The quantitative estimate of drug-likeness (QED) is 0.252. The summed E-state index contributed by atoms with van der Waals surface area (Å²) < 4.78 is 35.9. The highest BCUT2D eigenvalue weighted by molar-refractivity contribution is 7.42. The van der Waals surface area contributed by atoms with Crippen molar-refractivity contribution in [2.75, 3.05) is 26.6 Å². The van der Waals surface area contributed by atoms with Crippen molar-refractivity contribution in [2.24, 2.45) is 0 Å². The first-order valence-electron chi connectivity index (χ1n) is 11.6. The Balaban J connectivity index is 1.28. The molecule has 0 amide bonds. The van der Waals surface area contributed by atoms with Crippen LogP contribution in [0.15, 0.2) is 59.7 Å². The van der Waals surface area contributed by atoms with Crippen molar-refractivity contribution in [3.05, 3.63) is 65.2 Å². The van der Waals surface area contributed by atoms with E-state index in [0.29, 0.717) is 23.0 Å². The molecule has 0 aliphatic carbocycles. The number of nitrogen functional groups attached to an aromatic ring is 1. The number of imidazole rings is 1. The van der Waals surface area contributed by atoms with Crippen LogP contribution in [0.2, 0.25) is 0 Å². The molecule has 3 unspecified atom stereocenters. The van der Waals surface area contributed by atoms with Gasteiger partial charge in [-0.1, -0.05) is 0 Å². The number of aliphatic hydroxyl groups is 1. The van der Waals surface area contributed by atoms with Crippen molar-refractivity contribution in [1.29, 1.82) is 0 Å². The second kappa shape index (κ2) is 11.2. The molecule has 2 aromatic heterocycles. The van der Waals surface area contributed by atoms with Crippen LogP contribution in [-0.2, 0) is 9.26 Å². The van der Waals surface area contributed by atoms with E-state index >= 15 is 0 Å². The summed E-state index contributed by atoms with van der Waals surface area (Å²) >= 11 is 0. The normalized spacial score (nSPS) is 19.1. The molecule has 1 saturated heterocycles. The lowest BCUT2D eigenvalue weighted by Crippen LogP contribution is -2.20. The predicted octanol–water partition coefficient (Wildman–Crippen LogP) is 2.77. The number of anilines is 1. The molecule has 14 heteroatoms. The molecule has 1 fully saturated rings. The van der Waals surface area contributed by atoms with E-state index in [1.54, 1.807) is 62.8 Å². The Kier molecular flexibility index (Phi) is 7.61. The first-order valence-corrected chi connectivity index (χ1v) is 12.7. The Morgan fingerprint density at radius 3 is 2.21 bits per heavy atom. The van der Waals surface area contributed by atoms with Crippen molar-refractivity contribution in [2.45, 2.75) is 24.9 Å². The summed E-state index contributed by atoms with van der Waals surface area (Å²) in [5.41, 5.74) is 5.52. The lowest BCUT2D eigenvalue weighted by Gasteiger charge is -2.20. The average Bonchev–Trinajstić information content (AvgIpc) is 3.51. The van der Waals surface area contributed by atoms with Gasteiger partial charge in [0.1, 0.15) is 29.1 Å². The van der Waals surface area contributed by atoms with E-state index in [1.807, 2.05) is 0 Å². The maximum atomic E-state index is 12.1. The molecular weight excluding hydrogens is 517 g/mol. The molecule has 38 heavy (non-hydrogen) atoms. The topological polar surface area (TPSA) is 165 Å². The number of aromatic nitrogens is 4. The Bertz CT molecular complexity index is 1380. The Morgan fingerprint density at radius 1 is 1.05 bits per heavy atom. The van der Waals surface area contributed by atoms with Gasteiger partial charge in [0.25, 0.3) is 5.56 Å². The summed E-state index contributed by atoms with van der Waals surface area (Å²) in [5, 5.41) is 10.7. The zero-order valence-electron chi connectivity index (χ0n) is 20.5. The smallest absolute Gasteiger partial charge is 0.463 e. The van der Waals surface area contributed by atoms with Gasteiger partial charge in [0.2, 0.25) is 5.95 Å². The van der Waals surface area contributed by atoms with E-state index in [-0.39, 0.29) is 30.1 Å². The highest BCUT2D eigenvalue weighted by atomic mass is 31.2. The van der Waals surface area contributed by atoms with Gasteiger partial charge < -0.3 is 34.1 Å². The number of ether oxygens (including phenoxy) is 3. The monoisotopic (exact) mass is 543 g/mol. The number of nitrogens with two attached hydrogens (primary N) is 1. The van der Waals surface area contributed by atoms with Gasteiger partial charge in [0.15, 0.2) is 17.4 Å².